The van der Waals surface area contributed by atoms with Gasteiger partial charge in [0.1, 0.15) is 5.52 Å². The standard InChI is InChI=1S/C10H6F3NO/c11-7-3-5-1-2-6(4-15)14-10(5)9(13)8(7)12/h1-3,15H,4H2. The predicted molar refractivity (Wildman–Crippen MR) is 47.5 cm³/mol. The summed E-state index contributed by atoms with van der Waals surface area (Å²) in [6.45, 7) is -0.381. The fraction of sp³-hybridized carbons (Fsp3) is 0.100. The second kappa shape index (κ2) is 3.51. The largest absolute Gasteiger partial charge is 0.390 e. The van der Waals surface area contributed by atoms with Gasteiger partial charge >= 0.3 is 0 Å². The molecule has 78 valence electrons. The number of aromatic nitrogens is 1. The molecule has 1 heterocycles. The minimum atomic E-state index is -1.55. The van der Waals surface area contributed by atoms with Gasteiger partial charge in [-0.15, -0.1) is 0 Å². The van der Waals surface area contributed by atoms with Gasteiger partial charge in [0.15, 0.2) is 17.5 Å². The fourth-order valence-electron chi connectivity index (χ4n) is 1.30. The van der Waals surface area contributed by atoms with Crippen molar-refractivity contribution in [2.24, 2.45) is 0 Å². The summed E-state index contributed by atoms with van der Waals surface area (Å²) in [5, 5.41) is 8.92. The van der Waals surface area contributed by atoms with Crippen molar-refractivity contribution < 1.29 is 18.3 Å². The summed E-state index contributed by atoms with van der Waals surface area (Å²) < 4.78 is 38.9. The quantitative estimate of drug-likeness (QED) is 0.736. The maximum Gasteiger partial charge on any atom is 0.196 e. The molecule has 0 radical (unpaired) electrons. The first kappa shape index (κ1) is 9.92. The number of rotatable bonds is 1. The third-order valence-electron chi connectivity index (χ3n) is 2.04. The van der Waals surface area contributed by atoms with Gasteiger partial charge in [-0.25, -0.2) is 18.2 Å². The molecule has 0 amide bonds. The number of fused-ring (bicyclic) bond motifs is 1. The van der Waals surface area contributed by atoms with Crippen LogP contribution in [0.25, 0.3) is 10.9 Å². The summed E-state index contributed by atoms with van der Waals surface area (Å²) in [5.41, 5.74) is -0.0761. The Morgan fingerprint density at radius 2 is 1.87 bits per heavy atom. The van der Waals surface area contributed by atoms with E-state index in [1.54, 1.807) is 0 Å². The van der Waals surface area contributed by atoms with Gasteiger partial charge in [0.05, 0.1) is 12.3 Å². The Morgan fingerprint density at radius 3 is 2.53 bits per heavy atom. The van der Waals surface area contributed by atoms with Crippen molar-refractivity contribution in [1.82, 2.24) is 4.98 Å². The normalized spacial score (nSPS) is 10.9. The van der Waals surface area contributed by atoms with E-state index in [9.17, 15) is 13.2 Å². The molecular formula is C10H6F3NO. The van der Waals surface area contributed by atoms with E-state index in [1.165, 1.54) is 12.1 Å². The van der Waals surface area contributed by atoms with Crippen LogP contribution in [0.3, 0.4) is 0 Å². The van der Waals surface area contributed by atoms with Crippen LogP contribution in [0.5, 0.6) is 0 Å². The second-order valence-electron chi connectivity index (χ2n) is 3.02. The minimum absolute atomic E-state index is 0.156. The number of hydrogen-bond donors (Lipinski definition) is 1. The van der Waals surface area contributed by atoms with Crippen LogP contribution in [0, 0.1) is 17.5 Å². The molecule has 0 atom stereocenters. The van der Waals surface area contributed by atoms with E-state index < -0.39 is 17.5 Å². The molecule has 2 nitrogen and oxygen atoms in total. The molecule has 0 spiro atoms. The van der Waals surface area contributed by atoms with Crippen LogP contribution < -0.4 is 0 Å². The lowest BCUT2D eigenvalue weighted by Gasteiger charge is -2.03. The smallest absolute Gasteiger partial charge is 0.196 e. The summed E-state index contributed by atoms with van der Waals surface area (Å²) in [4.78, 5) is 3.66. The van der Waals surface area contributed by atoms with E-state index >= 15 is 0 Å². The molecule has 5 heteroatoms. The van der Waals surface area contributed by atoms with Gasteiger partial charge in [0.25, 0.3) is 0 Å². The van der Waals surface area contributed by atoms with Crippen LogP contribution >= 0.6 is 0 Å². The Kier molecular flexibility index (Phi) is 2.32. The van der Waals surface area contributed by atoms with Crippen molar-refractivity contribution >= 4 is 10.9 Å². The Hall–Kier alpha value is -1.62. The van der Waals surface area contributed by atoms with E-state index in [1.807, 2.05) is 0 Å². The van der Waals surface area contributed by atoms with Crippen molar-refractivity contribution in [3.63, 3.8) is 0 Å². The van der Waals surface area contributed by atoms with Gasteiger partial charge in [-0.3, -0.25) is 0 Å². The number of aliphatic hydroxyl groups excluding tert-OH is 1. The molecule has 0 fully saturated rings. The van der Waals surface area contributed by atoms with Crippen LogP contribution in [0.15, 0.2) is 18.2 Å². The average molecular weight is 213 g/mol. The Bertz CT molecular complexity index is 528. The molecule has 2 rings (SSSR count). The SMILES string of the molecule is OCc1ccc2cc(F)c(F)c(F)c2n1. The van der Waals surface area contributed by atoms with Crippen LogP contribution in [0.2, 0.25) is 0 Å². The first-order valence-corrected chi connectivity index (χ1v) is 4.17. The summed E-state index contributed by atoms with van der Waals surface area (Å²) in [5.74, 6) is -4.14. The molecular weight excluding hydrogens is 207 g/mol. The van der Waals surface area contributed by atoms with Crippen molar-refractivity contribution in [3.05, 3.63) is 41.3 Å². The molecule has 0 aliphatic heterocycles. The number of benzene rings is 1. The lowest BCUT2D eigenvalue weighted by molar-refractivity contribution is 0.277. The highest BCUT2D eigenvalue weighted by atomic mass is 19.2. The molecule has 1 aromatic carbocycles. The lowest BCUT2D eigenvalue weighted by atomic mass is 10.2. The van der Waals surface area contributed by atoms with E-state index in [-0.39, 0.29) is 23.2 Å². The lowest BCUT2D eigenvalue weighted by Crippen LogP contribution is -1.97. The highest BCUT2D eigenvalue weighted by molar-refractivity contribution is 5.79. The van der Waals surface area contributed by atoms with Crippen molar-refractivity contribution in [3.8, 4) is 0 Å². The Labute approximate surface area is 83.0 Å². The first-order chi connectivity index (χ1) is 7.13. The molecule has 0 saturated carbocycles. The maximum absolute atomic E-state index is 13.2. The Morgan fingerprint density at radius 1 is 1.13 bits per heavy atom. The van der Waals surface area contributed by atoms with Gasteiger partial charge in [-0.1, -0.05) is 6.07 Å². The number of aliphatic hydroxyl groups is 1. The predicted octanol–water partition coefficient (Wildman–Crippen LogP) is 2.14. The van der Waals surface area contributed by atoms with Gasteiger partial charge in [0, 0.05) is 5.39 Å². The monoisotopic (exact) mass is 213 g/mol. The number of pyridine rings is 1. The van der Waals surface area contributed by atoms with Crippen molar-refractivity contribution in [1.29, 1.82) is 0 Å². The molecule has 1 aromatic heterocycles. The number of halogens is 3. The van der Waals surface area contributed by atoms with E-state index in [0.29, 0.717) is 0 Å². The van der Waals surface area contributed by atoms with Crippen LogP contribution in [0.1, 0.15) is 5.69 Å². The zero-order valence-electron chi connectivity index (χ0n) is 7.47. The van der Waals surface area contributed by atoms with Gasteiger partial charge < -0.3 is 5.11 Å². The third kappa shape index (κ3) is 1.55. The van der Waals surface area contributed by atoms with E-state index in [2.05, 4.69) is 4.98 Å². The van der Waals surface area contributed by atoms with E-state index in [0.717, 1.165) is 6.07 Å². The second-order valence-corrected chi connectivity index (χ2v) is 3.02. The van der Waals surface area contributed by atoms with Gasteiger partial charge in [0.2, 0.25) is 0 Å². The highest BCUT2D eigenvalue weighted by Crippen LogP contribution is 2.21. The molecule has 0 aliphatic rings. The number of hydrogen-bond acceptors (Lipinski definition) is 2. The third-order valence-corrected chi connectivity index (χ3v) is 2.04. The maximum atomic E-state index is 13.2. The van der Waals surface area contributed by atoms with Crippen LogP contribution in [-0.2, 0) is 6.61 Å². The average Bonchev–Trinajstić information content (AvgIpc) is 2.26. The summed E-state index contributed by atoms with van der Waals surface area (Å²) in [6.07, 6.45) is 0. The molecule has 0 saturated heterocycles. The minimum Gasteiger partial charge on any atom is -0.390 e. The zero-order chi connectivity index (χ0) is 11.0. The molecule has 0 unspecified atom stereocenters. The molecule has 2 aromatic rings. The summed E-state index contributed by atoms with van der Waals surface area (Å²) in [7, 11) is 0. The first-order valence-electron chi connectivity index (χ1n) is 4.17. The topological polar surface area (TPSA) is 33.1 Å². The molecule has 1 N–H and O–H groups in total. The van der Waals surface area contributed by atoms with Gasteiger partial charge in [-0.05, 0) is 12.1 Å². The van der Waals surface area contributed by atoms with E-state index in [4.69, 9.17) is 5.11 Å². The number of nitrogens with zero attached hydrogens (tertiary/aromatic N) is 1. The van der Waals surface area contributed by atoms with Crippen LogP contribution in [-0.4, -0.2) is 10.1 Å². The zero-order valence-corrected chi connectivity index (χ0v) is 7.47. The highest BCUT2D eigenvalue weighted by Gasteiger charge is 2.14. The van der Waals surface area contributed by atoms with Crippen LogP contribution in [0.4, 0.5) is 13.2 Å². The van der Waals surface area contributed by atoms with Gasteiger partial charge in [-0.2, -0.15) is 0 Å². The molecule has 0 aliphatic carbocycles. The summed E-state index contributed by atoms with van der Waals surface area (Å²) in [6, 6.07) is 3.65. The fourth-order valence-corrected chi connectivity index (χ4v) is 1.30. The van der Waals surface area contributed by atoms with Crippen molar-refractivity contribution in [2.45, 2.75) is 6.61 Å². The molecule has 15 heavy (non-hydrogen) atoms. The Balaban J connectivity index is 2.81. The molecule has 0 bridgehead atoms. The summed E-state index contributed by atoms with van der Waals surface area (Å²) >= 11 is 0. The van der Waals surface area contributed by atoms with Crippen molar-refractivity contribution in [2.75, 3.05) is 0 Å².